The van der Waals surface area contributed by atoms with E-state index in [1.165, 1.54) is 25.7 Å². The summed E-state index contributed by atoms with van der Waals surface area (Å²) >= 11 is 0. The van der Waals surface area contributed by atoms with Crippen molar-refractivity contribution in [2.24, 2.45) is 5.41 Å². The number of aromatic amines is 1. The van der Waals surface area contributed by atoms with Gasteiger partial charge in [-0.1, -0.05) is 0 Å². The minimum atomic E-state index is -0.120. The molecule has 2 aliphatic rings. The third-order valence-electron chi connectivity index (χ3n) is 7.39. The van der Waals surface area contributed by atoms with Gasteiger partial charge in [-0.05, 0) is 73.9 Å². The van der Waals surface area contributed by atoms with E-state index in [1.807, 2.05) is 41.8 Å². The van der Waals surface area contributed by atoms with Gasteiger partial charge in [-0.3, -0.25) is 4.79 Å². The lowest BCUT2D eigenvalue weighted by atomic mass is 9.72. The molecule has 164 valence electrons. The number of ether oxygens (including phenoxy) is 1. The van der Waals surface area contributed by atoms with Crippen LogP contribution in [0, 0.1) is 12.3 Å². The molecular formula is C25H27N5O2. The molecule has 1 spiro atoms. The van der Waals surface area contributed by atoms with E-state index in [9.17, 15) is 4.79 Å². The topological polar surface area (TPSA) is 75.5 Å². The van der Waals surface area contributed by atoms with Crippen molar-refractivity contribution in [1.82, 2.24) is 19.4 Å². The normalized spacial score (nSPS) is 18.6. The highest BCUT2D eigenvalue weighted by atomic mass is 16.5. The Hall–Kier alpha value is -3.19. The van der Waals surface area contributed by atoms with Crippen LogP contribution in [0.1, 0.15) is 31.2 Å². The van der Waals surface area contributed by atoms with Gasteiger partial charge in [-0.15, -0.1) is 0 Å². The summed E-state index contributed by atoms with van der Waals surface area (Å²) in [6.07, 6.45) is 8.41. The number of benzene rings is 1. The Morgan fingerprint density at radius 2 is 1.91 bits per heavy atom. The van der Waals surface area contributed by atoms with Crippen LogP contribution in [0.25, 0.3) is 27.9 Å². The fourth-order valence-corrected chi connectivity index (χ4v) is 5.31. The number of nitrogens with one attached hydrogen (secondary N) is 1. The Kier molecular flexibility index (Phi) is 4.54. The number of piperidine rings is 1. The van der Waals surface area contributed by atoms with Crippen LogP contribution in [0.3, 0.4) is 0 Å². The van der Waals surface area contributed by atoms with E-state index >= 15 is 0 Å². The van der Waals surface area contributed by atoms with E-state index in [0.717, 1.165) is 48.6 Å². The first kappa shape index (κ1) is 19.5. The summed E-state index contributed by atoms with van der Waals surface area (Å²) in [7, 11) is 0. The Morgan fingerprint density at radius 3 is 2.72 bits per heavy atom. The molecule has 0 amide bonds. The highest BCUT2D eigenvalue weighted by molar-refractivity contribution is 5.86. The van der Waals surface area contributed by atoms with Gasteiger partial charge in [0, 0.05) is 43.7 Å². The number of aryl methyl sites for hydroxylation is 1. The van der Waals surface area contributed by atoms with Crippen LogP contribution >= 0.6 is 0 Å². The van der Waals surface area contributed by atoms with Gasteiger partial charge in [0.05, 0.1) is 17.2 Å². The van der Waals surface area contributed by atoms with Crippen molar-refractivity contribution in [3.8, 4) is 11.5 Å². The Balaban J connectivity index is 1.33. The molecule has 4 aromatic rings. The van der Waals surface area contributed by atoms with E-state index < -0.39 is 0 Å². The molecule has 6 rings (SSSR count). The van der Waals surface area contributed by atoms with Crippen molar-refractivity contribution in [1.29, 1.82) is 0 Å². The monoisotopic (exact) mass is 429 g/mol. The molecule has 32 heavy (non-hydrogen) atoms. The minimum absolute atomic E-state index is 0.120. The fourth-order valence-electron chi connectivity index (χ4n) is 5.31. The number of hydrogen-bond acceptors (Lipinski definition) is 5. The summed E-state index contributed by atoms with van der Waals surface area (Å²) in [6, 6.07) is 10.1. The molecule has 0 atom stereocenters. The maximum atomic E-state index is 13.1. The average Bonchev–Trinajstić information content (AvgIpc) is 3.28. The van der Waals surface area contributed by atoms with Crippen molar-refractivity contribution in [3.05, 3.63) is 58.8 Å². The van der Waals surface area contributed by atoms with Gasteiger partial charge < -0.3 is 19.0 Å². The second-order valence-electron chi connectivity index (χ2n) is 9.29. The molecule has 0 aliphatic carbocycles. The number of H-pyrrole nitrogens is 1. The molecule has 2 aliphatic heterocycles. The summed E-state index contributed by atoms with van der Waals surface area (Å²) in [5.41, 5.74) is 4.87. The Bertz CT molecular complexity index is 1360. The first-order valence-corrected chi connectivity index (χ1v) is 11.4. The molecule has 7 heteroatoms. The third kappa shape index (κ3) is 3.28. The van der Waals surface area contributed by atoms with E-state index in [2.05, 4.69) is 20.9 Å². The lowest BCUT2D eigenvalue weighted by Gasteiger charge is -2.45. The molecule has 7 nitrogen and oxygen atoms in total. The number of hydrogen-bond donors (Lipinski definition) is 1. The lowest BCUT2D eigenvalue weighted by Crippen LogP contribution is -2.43. The van der Waals surface area contributed by atoms with Gasteiger partial charge in [0.1, 0.15) is 5.69 Å². The molecule has 0 radical (unpaired) electrons. The van der Waals surface area contributed by atoms with E-state index in [4.69, 9.17) is 9.72 Å². The molecule has 5 heterocycles. The molecule has 0 bridgehead atoms. The maximum Gasteiger partial charge on any atom is 0.259 e. The van der Waals surface area contributed by atoms with Crippen LogP contribution in [0.4, 0.5) is 5.69 Å². The van der Waals surface area contributed by atoms with Crippen LogP contribution in [0.5, 0.6) is 0 Å². The first-order chi connectivity index (χ1) is 15.6. The van der Waals surface area contributed by atoms with Crippen LogP contribution in [-0.4, -0.2) is 45.7 Å². The van der Waals surface area contributed by atoms with Crippen LogP contribution in [0.2, 0.25) is 0 Å². The summed E-state index contributed by atoms with van der Waals surface area (Å²) in [5.74, 6) is 0.501. The minimum Gasteiger partial charge on any atom is -0.381 e. The van der Waals surface area contributed by atoms with Crippen LogP contribution in [-0.2, 0) is 4.74 Å². The van der Waals surface area contributed by atoms with Crippen molar-refractivity contribution in [3.63, 3.8) is 0 Å². The van der Waals surface area contributed by atoms with Crippen LogP contribution < -0.4 is 10.5 Å². The summed E-state index contributed by atoms with van der Waals surface area (Å²) in [6.45, 7) is 5.87. The largest absolute Gasteiger partial charge is 0.381 e. The fraction of sp³-hybridized carbons (Fsp3) is 0.400. The number of anilines is 1. The zero-order chi connectivity index (χ0) is 21.7. The number of rotatable bonds is 2. The van der Waals surface area contributed by atoms with Crippen LogP contribution in [0.15, 0.2) is 47.7 Å². The molecule has 2 saturated heterocycles. The maximum absolute atomic E-state index is 13.1. The predicted octanol–water partition coefficient (Wildman–Crippen LogP) is 3.94. The molecule has 1 aromatic carbocycles. The first-order valence-electron chi connectivity index (χ1n) is 11.4. The van der Waals surface area contributed by atoms with E-state index in [-0.39, 0.29) is 5.56 Å². The summed E-state index contributed by atoms with van der Waals surface area (Å²) < 4.78 is 7.51. The average molecular weight is 430 g/mol. The number of fused-ring (bicyclic) bond motifs is 2. The van der Waals surface area contributed by atoms with E-state index in [1.54, 1.807) is 6.33 Å². The van der Waals surface area contributed by atoms with Gasteiger partial charge in [0.25, 0.3) is 5.56 Å². The lowest BCUT2D eigenvalue weighted by molar-refractivity contribution is 0.00212. The standard InChI is InChI=1S/C25H27N5O2/c1-17-13-19(29-9-4-25(5-10-29)6-11-32-12-7-25)14-20-22(17)27-23(28-24(20)31)21-15-18-3-2-8-30(18)16-26-21/h2-3,8,13-16H,4-7,9-12H2,1H3,(H,27,28,31). The van der Waals surface area contributed by atoms with Gasteiger partial charge in [-0.2, -0.15) is 0 Å². The van der Waals surface area contributed by atoms with Gasteiger partial charge >= 0.3 is 0 Å². The quantitative estimate of drug-likeness (QED) is 0.522. The summed E-state index contributed by atoms with van der Waals surface area (Å²) in [4.78, 5) is 27.7. The van der Waals surface area contributed by atoms with Crippen molar-refractivity contribution in [2.75, 3.05) is 31.2 Å². The number of nitrogens with zero attached hydrogens (tertiary/aromatic N) is 4. The highest BCUT2D eigenvalue weighted by Gasteiger charge is 2.36. The molecular weight excluding hydrogens is 402 g/mol. The molecule has 0 saturated carbocycles. The van der Waals surface area contributed by atoms with Crippen molar-refractivity contribution < 1.29 is 4.74 Å². The van der Waals surface area contributed by atoms with E-state index in [0.29, 0.717) is 22.3 Å². The Morgan fingerprint density at radius 1 is 1.09 bits per heavy atom. The van der Waals surface area contributed by atoms with Crippen molar-refractivity contribution in [2.45, 2.75) is 32.6 Å². The molecule has 3 aromatic heterocycles. The smallest absolute Gasteiger partial charge is 0.259 e. The van der Waals surface area contributed by atoms with Gasteiger partial charge in [-0.25, -0.2) is 9.97 Å². The zero-order valence-electron chi connectivity index (χ0n) is 18.3. The SMILES string of the molecule is Cc1cc(N2CCC3(CCOCC3)CC2)cc2c(=O)[nH]c(-c3cc4cccn4cn3)nc12. The second-order valence-corrected chi connectivity index (χ2v) is 9.29. The van der Waals surface area contributed by atoms with Gasteiger partial charge in [0.2, 0.25) is 0 Å². The molecule has 2 fully saturated rings. The second kappa shape index (κ2) is 7.45. The Labute approximate surface area is 186 Å². The number of aromatic nitrogens is 4. The zero-order valence-corrected chi connectivity index (χ0v) is 18.3. The van der Waals surface area contributed by atoms with Gasteiger partial charge in [0.15, 0.2) is 5.82 Å². The molecule has 0 unspecified atom stereocenters. The predicted molar refractivity (Wildman–Crippen MR) is 125 cm³/mol. The highest BCUT2D eigenvalue weighted by Crippen LogP contribution is 2.41. The van der Waals surface area contributed by atoms with Crippen molar-refractivity contribution >= 4 is 22.1 Å². The third-order valence-corrected chi connectivity index (χ3v) is 7.39. The molecule has 1 N–H and O–H groups in total. The summed E-state index contributed by atoms with van der Waals surface area (Å²) in [5, 5.41) is 0.638.